The van der Waals surface area contributed by atoms with Crippen molar-refractivity contribution in [2.75, 3.05) is 0 Å². The molecule has 57 heavy (non-hydrogen) atoms. The summed E-state index contributed by atoms with van der Waals surface area (Å²) in [7, 11) is 0. The van der Waals surface area contributed by atoms with E-state index in [-0.39, 0.29) is 0 Å². The summed E-state index contributed by atoms with van der Waals surface area (Å²) in [5.41, 5.74) is 16.5. The highest BCUT2D eigenvalue weighted by Gasteiger charge is 2.20. The molecule has 10 aromatic rings. The fourth-order valence-electron chi connectivity index (χ4n) is 8.86. The molecular weight excluding hydrogens is 689 g/mol. The van der Waals surface area contributed by atoms with Crippen molar-refractivity contribution in [3.63, 3.8) is 0 Å². The van der Waals surface area contributed by atoms with E-state index < -0.39 is 0 Å². The summed E-state index contributed by atoms with van der Waals surface area (Å²) in [5, 5.41) is 6.39. The molecule has 0 unspecified atom stereocenters. The smallest absolute Gasteiger partial charge is 0.0715 e. The Balaban J connectivity index is 0.997. The molecule has 0 saturated heterocycles. The van der Waals surface area contributed by atoms with E-state index in [4.69, 9.17) is 4.98 Å². The molecule has 0 amide bonds. The first-order chi connectivity index (χ1) is 28.2. The Morgan fingerprint density at radius 3 is 1.74 bits per heavy atom. The Labute approximate surface area is 332 Å². The number of benzene rings is 8. The molecule has 0 bridgehead atoms. The van der Waals surface area contributed by atoms with Gasteiger partial charge in [0.2, 0.25) is 0 Å². The van der Waals surface area contributed by atoms with Gasteiger partial charge in [0.15, 0.2) is 0 Å². The number of aromatic nitrogens is 2. The molecule has 0 fully saturated rings. The Morgan fingerprint density at radius 1 is 0.404 bits per heavy atom. The molecule has 2 heteroatoms. The van der Waals surface area contributed by atoms with Crippen molar-refractivity contribution in [2.45, 2.75) is 12.8 Å². The lowest BCUT2D eigenvalue weighted by atomic mass is 9.91. The van der Waals surface area contributed by atoms with Crippen molar-refractivity contribution < 1.29 is 0 Å². The van der Waals surface area contributed by atoms with Crippen LogP contribution in [-0.2, 0) is 6.42 Å². The van der Waals surface area contributed by atoms with E-state index in [1.807, 2.05) is 0 Å². The molecule has 2 aromatic heterocycles. The molecule has 268 valence electrons. The van der Waals surface area contributed by atoms with Crippen molar-refractivity contribution >= 4 is 38.5 Å². The summed E-state index contributed by atoms with van der Waals surface area (Å²) in [6.45, 7) is 0. The number of allylic oxidation sites excluding steroid dienone is 1. The van der Waals surface area contributed by atoms with Gasteiger partial charge in [-0.3, -0.25) is 0 Å². The van der Waals surface area contributed by atoms with Gasteiger partial charge < -0.3 is 4.57 Å². The van der Waals surface area contributed by atoms with Crippen LogP contribution >= 0.6 is 0 Å². The van der Waals surface area contributed by atoms with Crippen molar-refractivity contribution in [3.8, 4) is 61.6 Å². The minimum atomic E-state index is 0.966. The molecule has 0 N–H and O–H groups in total. The van der Waals surface area contributed by atoms with Crippen LogP contribution in [0.15, 0.2) is 200 Å². The van der Waals surface area contributed by atoms with Crippen LogP contribution < -0.4 is 0 Å². The average Bonchev–Trinajstić information content (AvgIpc) is 3.63. The summed E-state index contributed by atoms with van der Waals surface area (Å²) in [4.78, 5) is 5.19. The van der Waals surface area contributed by atoms with Gasteiger partial charge in [-0.15, -0.1) is 0 Å². The Bertz CT molecular complexity index is 3080. The van der Waals surface area contributed by atoms with Crippen LogP contribution in [0.3, 0.4) is 0 Å². The summed E-state index contributed by atoms with van der Waals surface area (Å²) >= 11 is 0. The Kier molecular flexibility index (Phi) is 8.00. The van der Waals surface area contributed by atoms with E-state index in [1.165, 1.54) is 77.2 Å². The van der Waals surface area contributed by atoms with E-state index >= 15 is 0 Å². The molecular formula is C55H38N2. The third kappa shape index (κ3) is 5.86. The second-order valence-electron chi connectivity index (χ2n) is 15.0. The van der Waals surface area contributed by atoms with Gasteiger partial charge in [0.05, 0.1) is 16.9 Å². The van der Waals surface area contributed by atoms with Crippen LogP contribution in [-0.4, -0.2) is 9.55 Å². The van der Waals surface area contributed by atoms with Crippen LogP contribution in [0.2, 0.25) is 0 Å². The number of rotatable bonds is 6. The molecule has 2 heterocycles. The van der Waals surface area contributed by atoms with Crippen LogP contribution in [0.4, 0.5) is 0 Å². The molecule has 2 nitrogen and oxygen atoms in total. The first kappa shape index (κ1) is 33.1. The van der Waals surface area contributed by atoms with Gasteiger partial charge in [-0.25, -0.2) is 4.98 Å². The van der Waals surface area contributed by atoms with E-state index in [1.54, 1.807) is 0 Å². The van der Waals surface area contributed by atoms with Crippen LogP contribution in [0, 0.1) is 0 Å². The Hall–Kier alpha value is -7.29. The normalized spacial score (nSPS) is 12.4. The van der Waals surface area contributed by atoms with E-state index in [2.05, 4.69) is 211 Å². The number of fused-ring (bicyclic) bond motifs is 6. The zero-order valence-corrected chi connectivity index (χ0v) is 31.4. The van der Waals surface area contributed by atoms with Gasteiger partial charge in [-0.1, -0.05) is 158 Å². The maximum atomic E-state index is 5.19. The average molecular weight is 727 g/mol. The van der Waals surface area contributed by atoms with E-state index in [0.29, 0.717) is 0 Å². The maximum absolute atomic E-state index is 5.19. The highest BCUT2D eigenvalue weighted by Crippen LogP contribution is 2.40. The minimum Gasteiger partial charge on any atom is -0.313 e. The number of pyridine rings is 1. The standard InChI is InChI=1S/C55H38N2/c1-4-14-37(15-5-1)43-35-52(39-18-8-3-9-19-39)56-53(36-43)40-24-28-45(29-25-40)57-54-23-13-12-22-49(54)51-33-42(27-31-55(51)57)41-26-30-46-44(32-41)34-50(38-16-6-2-7-17-38)48-21-11-10-20-47(46)48/h1-12,14-22,24-36H,13,23H2. The molecule has 1 aliphatic carbocycles. The highest BCUT2D eigenvalue weighted by molar-refractivity contribution is 6.14. The van der Waals surface area contributed by atoms with Gasteiger partial charge in [0, 0.05) is 33.5 Å². The molecule has 11 rings (SSSR count). The third-order valence-corrected chi connectivity index (χ3v) is 11.6. The summed E-state index contributed by atoms with van der Waals surface area (Å²) < 4.78 is 2.48. The lowest BCUT2D eigenvalue weighted by molar-refractivity contribution is 0.888. The van der Waals surface area contributed by atoms with Crippen LogP contribution in [0.1, 0.15) is 17.7 Å². The van der Waals surface area contributed by atoms with E-state index in [0.717, 1.165) is 40.9 Å². The topological polar surface area (TPSA) is 17.8 Å². The molecule has 0 aliphatic heterocycles. The van der Waals surface area contributed by atoms with Crippen molar-refractivity contribution in [3.05, 3.63) is 211 Å². The molecule has 0 spiro atoms. The van der Waals surface area contributed by atoms with Gasteiger partial charge in [0.1, 0.15) is 0 Å². The molecule has 0 atom stereocenters. The second-order valence-corrected chi connectivity index (χ2v) is 15.0. The summed E-state index contributed by atoms with van der Waals surface area (Å²) in [6.07, 6.45) is 6.70. The molecule has 8 aromatic carbocycles. The first-order valence-corrected chi connectivity index (χ1v) is 19.8. The number of hydrogen-bond donors (Lipinski definition) is 0. The fourth-order valence-corrected chi connectivity index (χ4v) is 8.86. The SMILES string of the molecule is C1=Cc2c(n(-c3ccc(-c4cc(-c5ccccc5)cc(-c5ccccc5)n4)cc3)c3ccc(-c4ccc5c(c4)cc(-c4ccccc4)c4ccccc45)cc23)CC1. The van der Waals surface area contributed by atoms with Crippen molar-refractivity contribution in [1.82, 2.24) is 9.55 Å². The lowest BCUT2D eigenvalue weighted by Gasteiger charge is -2.14. The molecule has 0 saturated carbocycles. The summed E-state index contributed by atoms with van der Waals surface area (Å²) in [6, 6.07) is 70.4. The zero-order chi connectivity index (χ0) is 37.7. The van der Waals surface area contributed by atoms with Crippen molar-refractivity contribution in [1.29, 1.82) is 0 Å². The quantitative estimate of drug-likeness (QED) is 0.156. The van der Waals surface area contributed by atoms with Crippen LogP contribution in [0.5, 0.6) is 0 Å². The van der Waals surface area contributed by atoms with E-state index in [9.17, 15) is 0 Å². The zero-order valence-electron chi connectivity index (χ0n) is 31.4. The molecule has 0 radical (unpaired) electrons. The van der Waals surface area contributed by atoms with Gasteiger partial charge >= 0.3 is 0 Å². The lowest BCUT2D eigenvalue weighted by Crippen LogP contribution is -2.03. The van der Waals surface area contributed by atoms with Crippen molar-refractivity contribution in [2.24, 2.45) is 0 Å². The Morgan fingerprint density at radius 2 is 1.00 bits per heavy atom. The van der Waals surface area contributed by atoms with Gasteiger partial charge in [0.25, 0.3) is 0 Å². The first-order valence-electron chi connectivity index (χ1n) is 19.8. The molecule has 1 aliphatic rings. The summed E-state index contributed by atoms with van der Waals surface area (Å²) in [5.74, 6) is 0. The predicted molar refractivity (Wildman–Crippen MR) is 241 cm³/mol. The van der Waals surface area contributed by atoms with Gasteiger partial charge in [-0.2, -0.15) is 0 Å². The highest BCUT2D eigenvalue weighted by atomic mass is 15.0. The van der Waals surface area contributed by atoms with Gasteiger partial charge in [-0.05, 0) is 116 Å². The second kappa shape index (κ2) is 13.8. The monoisotopic (exact) mass is 726 g/mol. The van der Waals surface area contributed by atoms with Crippen LogP contribution in [0.25, 0.3) is 100 Å². The minimum absolute atomic E-state index is 0.966. The predicted octanol–water partition coefficient (Wildman–Crippen LogP) is 14.6. The third-order valence-electron chi connectivity index (χ3n) is 11.6. The maximum Gasteiger partial charge on any atom is 0.0715 e. The fraction of sp³-hybridized carbons (Fsp3) is 0.0364. The number of hydrogen-bond acceptors (Lipinski definition) is 1. The largest absolute Gasteiger partial charge is 0.313 e. The number of nitrogens with zero attached hydrogens (tertiary/aromatic N) is 2.